The summed E-state index contributed by atoms with van der Waals surface area (Å²) in [5.74, 6) is -0.982. The van der Waals surface area contributed by atoms with Crippen molar-refractivity contribution in [2.45, 2.75) is 19.4 Å². The summed E-state index contributed by atoms with van der Waals surface area (Å²) < 4.78 is 0. The molecule has 1 aromatic heterocycles. The lowest BCUT2D eigenvalue weighted by atomic mass is 10.0. The molecule has 0 saturated carbocycles. The average Bonchev–Trinajstić information content (AvgIpc) is 2.40. The van der Waals surface area contributed by atoms with E-state index in [2.05, 4.69) is 4.98 Å². The third-order valence-electron chi connectivity index (χ3n) is 3.01. The van der Waals surface area contributed by atoms with Crippen LogP contribution in [0.5, 0.6) is 0 Å². The second-order valence-corrected chi connectivity index (χ2v) is 4.51. The molecule has 2 aromatic rings. The lowest BCUT2D eigenvalue weighted by Crippen LogP contribution is -2.32. The smallest absolute Gasteiger partial charge is 0.320 e. The maximum atomic E-state index is 10.7. The van der Waals surface area contributed by atoms with Crippen molar-refractivity contribution in [3.63, 3.8) is 0 Å². The molecule has 19 heavy (non-hydrogen) atoms. The molecule has 0 radical (unpaired) electrons. The van der Waals surface area contributed by atoms with E-state index < -0.39 is 12.0 Å². The minimum absolute atomic E-state index is 0.330. The molecule has 0 aliphatic heterocycles. The van der Waals surface area contributed by atoms with Gasteiger partial charge in [-0.3, -0.25) is 9.78 Å². The zero-order valence-corrected chi connectivity index (χ0v) is 10.7. The van der Waals surface area contributed by atoms with Crippen LogP contribution in [0.25, 0.3) is 11.3 Å². The Morgan fingerprint density at radius 1 is 1.32 bits per heavy atom. The van der Waals surface area contributed by atoms with Crippen LogP contribution in [0.2, 0.25) is 0 Å². The van der Waals surface area contributed by atoms with Gasteiger partial charge in [-0.05, 0) is 30.5 Å². The summed E-state index contributed by atoms with van der Waals surface area (Å²) in [7, 11) is 0. The Balaban J connectivity index is 2.19. The van der Waals surface area contributed by atoms with Crippen LogP contribution >= 0.6 is 0 Å². The highest BCUT2D eigenvalue weighted by atomic mass is 16.4. The summed E-state index contributed by atoms with van der Waals surface area (Å²) >= 11 is 0. The van der Waals surface area contributed by atoms with E-state index in [-0.39, 0.29) is 0 Å². The molecule has 0 bridgehead atoms. The van der Waals surface area contributed by atoms with Crippen molar-refractivity contribution >= 4 is 5.97 Å². The van der Waals surface area contributed by atoms with Crippen LogP contribution in [0.15, 0.2) is 42.6 Å². The number of rotatable bonds is 4. The van der Waals surface area contributed by atoms with Gasteiger partial charge >= 0.3 is 5.97 Å². The second-order valence-electron chi connectivity index (χ2n) is 4.51. The molecular formula is C15H16N2O2. The first-order valence-corrected chi connectivity index (χ1v) is 6.07. The van der Waals surface area contributed by atoms with Gasteiger partial charge in [0, 0.05) is 11.8 Å². The normalized spacial score (nSPS) is 12.1. The van der Waals surface area contributed by atoms with Crippen LogP contribution in [0, 0.1) is 6.92 Å². The average molecular weight is 256 g/mol. The summed E-state index contributed by atoms with van der Waals surface area (Å²) in [6.45, 7) is 2.01. The Morgan fingerprint density at radius 3 is 2.58 bits per heavy atom. The van der Waals surface area contributed by atoms with Gasteiger partial charge in [-0.15, -0.1) is 0 Å². The fraction of sp³-hybridized carbons (Fsp3) is 0.200. The van der Waals surface area contributed by atoms with Gasteiger partial charge in [-0.1, -0.05) is 30.3 Å². The van der Waals surface area contributed by atoms with Gasteiger partial charge in [-0.25, -0.2) is 0 Å². The molecule has 1 heterocycles. The minimum Gasteiger partial charge on any atom is -0.480 e. The van der Waals surface area contributed by atoms with Crippen molar-refractivity contribution in [2.75, 3.05) is 0 Å². The first-order valence-electron chi connectivity index (χ1n) is 6.07. The number of hydrogen-bond acceptors (Lipinski definition) is 3. The van der Waals surface area contributed by atoms with Gasteiger partial charge in [-0.2, -0.15) is 0 Å². The number of nitrogens with zero attached hydrogens (tertiary/aromatic N) is 1. The summed E-state index contributed by atoms with van der Waals surface area (Å²) in [5.41, 5.74) is 9.49. The zero-order chi connectivity index (χ0) is 13.8. The van der Waals surface area contributed by atoms with Gasteiger partial charge in [0.25, 0.3) is 0 Å². The molecule has 98 valence electrons. The van der Waals surface area contributed by atoms with E-state index in [1.54, 1.807) is 6.20 Å². The second kappa shape index (κ2) is 5.63. The molecule has 3 N–H and O–H groups in total. The topological polar surface area (TPSA) is 76.2 Å². The molecule has 0 saturated heterocycles. The fourth-order valence-corrected chi connectivity index (χ4v) is 1.93. The first-order chi connectivity index (χ1) is 9.08. The maximum absolute atomic E-state index is 10.7. The molecule has 1 unspecified atom stereocenters. The third-order valence-corrected chi connectivity index (χ3v) is 3.01. The van der Waals surface area contributed by atoms with Crippen LogP contribution in [0.1, 0.15) is 11.1 Å². The van der Waals surface area contributed by atoms with Gasteiger partial charge in [0.05, 0.1) is 5.69 Å². The van der Waals surface area contributed by atoms with E-state index in [0.717, 1.165) is 22.4 Å². The van der Waals surface area contributed by atoms with Crippen LogP contribution in [0.3, 0.4) is 0 Å². The number of aryl methyl sites for hydroxylation is 1. The van der Waals surface area contributed by atoms with Crippen molar-refractivity contribution in [1.29, 1.82) is 0 Å². The highest BCUT2D eigenvalue weighted by Crippen LogP contribution is 2.21. The van der Waals surface area contributed by atoms with Crippen LogP contribution in [-0.4, -0.2) is 22.1 Å². The van der Waals surface area contributed by atoms with Crippen LogP contribution in [-0.2, 0) is 11.2 Å². The van der Waals surface area contributed by atoms with E-state index >= 15 is 0 Å². The van der Waals surface area contributed by atoms with E-state index in [0.29, 0.717) is 6.42 Å². The molecule has 1 atom stereocenters. The van der Waals surface area contributed by atoms with E-state index in [9.17, 15) is 4.79 Å². The Morgan fingerprint density at radius 2 is 2.00 bits per heavy atom. The molecule has 2 rings (SSSR count). The largest absolute Gasteiger partial charge is 0.480 e. The number of nitrogens with two attached hydrogens (primary N) is 1. The fourth-order valence-electron chi connectivity index (χ4n) is 1.93. The molecule has 4 heteroatoms. The lowest BCUT2D eigenvalue weighted by molar-refractivity contribution is -0.138. The van der Waals surface area contributed by atoms with Gasteiger partial charge in [0.1, 0.15) is 6.04 Å². The van der Waals surface area contributed by atoms with Crippen LogP contribution in [0.4, 0.5) is 0 Å². The number of hydrogen-bond donors (Lipinski definition) is 2. The number of benzene rings is 1. The summed E-state index contributed by atoms with van der Waals surface area (Å²) in [4.78, 5) is 15.1. The van der Waals surface area contributed by atoms with Gasteiger partial charge in [0.15, 0.2) is 0 Å². The van der Waals surface area contributed by atoms with E-state index in [4.69, 9.17) is 10.8 Å². The SMILES string of the molecule is Cc1cccnc1-c1ccc(CC(N)C(=O)O)cc1. The summed E-state index contributed by atoms with van der Waals surface area (Å²) in [5, 5.41) is 8.78. The first kappa shape index (κ1) is 13.2. The quantitative estimate of drug-likeness (QED) is 0.877. The van der Waals surface area contributed by atoms with E-state index in [1.165, 1.54) is 0 Å². The van der Waals surface area contributed by atoms with Crippen molar-refractivity contribution in [3.05, 3.63) is 53.7 Å². The molecule has 4 nitrogen and oxygen atoms in total. The minimum atomic E-state index is -0.982. The van der Waals surface area contributed by atoms with Crippen molar-refractivity contribution in [2.24, 2.45) is 5.73 Å². The highest BCUT2D eigenvalue weighted by Gasteiger charge is 2.12. The third kappa shape index (κ3) is 3.17. The van der Waals surface area contributed by atoms with Crippen molar-refractivity contribution < 1.29 is 9.90 Å². The Hall–Kier alpha value is -2.20. The number of aliphatic carboxylic acids is 1. The lowest BCUT2D eigenvalue weighted by Gasteiger charge is -2.08. The molecule has 0 aliphatic rings. The predicted molar refractivity (Wildman–Crippen MR) is 73.7 cm³/mol. The van der Waals surface area contributed by atoms with Crippen molar-refractivity contribution in [3.8, 4) is 11.3 Å². The number of aromatic nitrogens is 1. The van der Waals surface area contributed by atoms with E-state index in [1.807, 2.05) is 43.3 Å². The van der Waals surface area contributed by atoms with Crippen molar-refractivity contribution in [1.82, 2.24) is 4.98 Å². The molecule has 0 aliphatic carbocycles. The number of carboxylic acids is 1. The zero-order valence-electron chi connectivity index (χ0n) is 10.7. The predicted octanol–water partition coefficient (Wildman–Crippen LogP) is 2.01. The van der Waals surface area contributed by atoms with Gasteiger partial charge < -0.3 is 10.8 Å². The standard InChI is InChI=1S/C15H16N2O2/c1-10-3-2-8-17-14(10)12-6-4-11(5-7-12)9-13(16)15(18)19/h2-8,13H,9,16H2,1H3,(H,18,19). The molecule has 0 fully saturated rings. The number of carbonyl (C=O) groups is 1. The van der Waals surface area contributed by atoms with Gasteiger partial charge in [0.2, 0.25) is 0 Å². The monoisotopic (exact) mass is 256 g/mol. The highest BCUT2D eigenvalue weighted by molar-refractivity contribution is 5.73. The number of carboxylic acid groups (broad SMARTS) is 1. The Bertz CT molecular complexity index is 579. The summed E-state index contributed by atoms with van der Waals surface area (Å²) in [6, 6.07) is 10.7. The Labute approximate surface area is 111 Å². The van der Waals surface area contributed by atoms with Crippen LogP contribution < -0.4 is 5.73 Å². The number of pyridine rings is 1. The summed E-state index contributed by atoms with van der Waals surface area (Å²) in [6.07, 6.45) is 2.09. The molecule has 1 aromatic carbocycles. The maximum Gasteiger partial charge on any atom is 0.320 e. The molecule has 0 spiro atoms. The Kier molecular flexibility index (Phi) is 3.92. The molecular weight excluding hydrogens is 240 g/mol. The molecule has 0 amide bonds.